The Morgan fingerprint density at radius 2 is 1.89 bits per heavy atom. The number of rotatable bonds is 5. The molecule has 186 valence electrons. The van der Waals surface area contributed by atoms with E-state index in [-0.39, 0.29) is 11.9 Å². The fraction of sp³-hybridized carbons (Fsp3) is 0.179. The molecule has 37 heavy (non-hydrogen) atoms. The van der Waals surface area contributed by atoms with Gasteiger partial charge < -0.3 is 14.6 Å². The molecule has 9 heteroatoms. The lowest BCUT2D eigenvalue weighted by molar-refractivity contribution is 0.400. The van der Waals surface area contributed by atoms with Crippen molar-refractivity contribution in [1.29, 1.82) is 0 Å². The van der Waals surface area contributed by atoms with Crippen LogP contribution >= 0.6 is 23.2 Å². The molecular weight excluding hydrogens is 512 g/mol. The van der Waals surface area contributed by atoms with E-state index in [1.165, 1.54) is 12.1 Å². The van der Waals surface area contributed by atoms with Crippen LogP contribution in [-0.2, 0) is 0 Å². The summed E-state index contributed by atoms with van der Waals surface area (Å²) in [6.45, 7) is 0. The highest BCUT2D eigenvalue weighted by Gasteiger charge is 2.20. The number of anilines is 2. The summed E-state index contributed by atoms with van der Waals surface area (Å²) in [5.74, 6) is 0.119. The van der Waals surface area contributed by atoms with Gasteiger partial charge in [-0.15, -0.1) is 0 Å². The van der Waals surface area contributed by atoms with Gasteiger partial charge in [0.15, 0.2) is 0 Å². The minimum absolute atomic E-state index is 0.248. The Morgan fingerprint density at radius 1 is 1.03 bits per heavy atom. The van der Waals surface area contributed by atoms with Crippen LogP contribution in [0.1, 0.15) is 19.3 Å². The smallest absolute Gasteiger partial charge is 0.237 e. The van der Waals surface area contributed by atoms with Crippen molar-refractivity contribution in [3.8, 4) is 23.0 Å². The maximum atomic E-state index is 14.4. The first-order chi connectivity index (χ1) is 18.0. The third-order valence-corrected chi connectivity index (χ3v) is 7.28. The molecule has 0 atom stereocenters. The molecule has 2 aliphatic carbocycles. The molecule has 0 radical (unpaired) electrons. The van der Waals surface area contributed by atoms with Crippen molar-refractivity contribution in [2.75, 3.05) is 12.4 Å². The highest BCUT2D eigenvalue weighted by Crippen LogP contribution is 2.34. The maximum absolute atomic E-state index is 14.4. The average molecular weight is 534 g/mol. The van der Waals surface area contributed by atoms with Crippen LogP contribution in [0, 0.1) is 5.82 Å². The number of benzene rings is 3. The highest BCUT2D eigenvalue weighted by molar-refractivity contribution is 6.42. The number of halogens is 3. The summed E-state index contributed by atoms with van der Waals surface area (Å²) in [5.41, 5.74) is 4.93. The van der Waals surface area contributed by atoms with Gasteiger partial charge >= 0.3 is 0 Å². The molecule has 1 fully saturated rings. The van der Waals surface area contributed by atoms with Crippen LogP contribution in [0.2, 0.25) is 10.0 Å². The summed E-state index contributed by atoms with van der Waals surface area (Å²) in [7, 11) is 1.58. The Hall–Kier alpha value is -3.68. The topological polar surface area (TPSA) is 64.3 Å². The molecular formula is C28H22Cl2FN5O. The monoisotopic (exact) mass is 533 g/mol. The molecule has 0 spiro atoms. The van der Waals surface area contributed by atoms with E-state index in [1.807, 2.05) is 34.9 Å². The number of methoxy groups -OCH3 is 1. The van der Waals surface area contributed by atoms with E-state index in [0.717, 1.165) is 47.4 Å². The molecule has 0 amide bonds. The number of pyridine rings is 1. The second-order valence-electron chi connectivity index (χ2n) is 8.94. The van der Waals surface area contributed by atoms with Crippen LogP contribution < -0.4 is 15.4 Å². The van der Waals surface area contributed by atoms with Gasteiger partial charge in [0.05, 0.1) is 56.7 Å². The molecule has 1 aromatic heterocycles. The number of fused-ring (bicyclic) bond motifs is 2. The van der Waals surface area contributed by atoms with Gasteiger partial charge in [-0.3, -0.25) is 4.99 Å². The molecule has 3 aliphatic rings. The van der Waals surface area contributed by atoms with Crippen molar-refractivity contribution in [2.45, 2.75) is 25.3 Å². The zero-order valence-electron chi connectivity index (χ0n) is 19.9. The van der Waals surface area contributed by atoms with Crippen LogP contribution in [0.15, 0.2) is 71.9 Å². The predicted molar refractivity (Wildman–Crippen MR) is 145 cm³/mol. The minimum atomic E-state index is -0.358. The van der Waals surface area contributed by atoms with Crippen LogP contribution in [0.5, 0.6) is 5.88 Å². The second kappa shape index (κ2) is 9.65. The van der Waals surface area contributed by atoms with Crippen molar-refractivity contribution in [2.24, 2.45) is 4.99 Å². The molecule has 1 aliphatic heterocycles. The largest absolute Gasteiger partial charge is 0.480 e. The molecule has 0 saturated heterocycles. The quantitative estimate of drug-likeness (QED) is 0.243. The lowest BCUT2D eigenvalue weighted by Gasteiger charge is -2.23. The standard InChI is InChI=1S/C28H22Cl2FN5O/c1-37-28-22(6-3-11-32-28)35-23-14-25-27(15-24(23)33-17-4-2-5-17)36(18-8-9-19(29)20(30)13-18)26-12-16(31)7-10-21(26)34-25/h3,6-15,17,35H,2,4-5H2,1H3. The molecule has 1 saturated carbocycles. The molecule has 2 aromatic carbocycles. The van der Waals surface area contributed by atoms with Crippen molar-refractivity contribution in [3.63, 3.8) is 0 Å². The van der Waals surface area contributed by atoms with Gasteiger partial charge in [0, 0.05) is 18.0 Å². The molecule has 0 unspecified atom stereocenters. The first kappa shape index (κ1) is 23.7. The van der Waals surface area contributed by atoms with Gasteiger partial charge in [-0.1, -0.05) is 23.2 Å². The fourth-order valence-corrected chi connectivity index (χ4v) is 4.77. The predicted octanol–water partition coefficient (Wildman–Crippen LogP) is 7.18. The summed E-state index contributed by atoms with van der Waals surface area (Å²) in [6, 6.07) is 17.8. The number of hydrogen-bond acceptors (Lipinski definition) is 5. The van der Waals surface area contributed by atoms with E-state index in [9.17, 15) is 4.39 Å². The van der Waals surface area contributed by atoms with Crippen molar-refractivity contribution < 1.29 is 9.13 Å². The Kier molecular flexibility index (Phi) is 6.18. The third kappa shape index (κ3) is 4.49. The summed E-state index contributed by atoms with van der Waals surface area (Å²) in [4.78, 5) is 14.2. The van der Waals surface area contributed by atoms with Gasteiger partial charge in [-0.05, 0) is 73.9 Å². The lowest BCUT2D eigenvalue weighted by Crippen LogP contribution is -2.22. The molecule has 6 nitrogen and oxygen atoms in total. The van der Waals surface area contributed by atoms with Gasteiger partial charge in [0.2, 0.25) is 5.88 Å². The fourth-order valence-electron chi connectivity index (χ4n) is 4.48. The number of ether oxygens (including phenoxy) is 1. The average Bonchev–Trinajstić information content (AvgIpc) is 2.87. The summed E-state index contributed by atoms with van der Waals surface area (Å²) in [6.07, 6.45) is 4.93. The summed E-state index contributed by atoms with van der Waals surface area (Å²) < 4.78 is 21.8. The second-order valence-corrected chi connectivity index (χ2v) is 9.75. The molecule has 3 aromatic rings. The van der Waals surface area contributed by atoms with Gasteiger partial charge in [-0.25, -0.2) is 14.4 Å². The zero-order valence-corrected chi connectivity index (χ0v) is 21.4. The van der Waals surface area contributed by atoms with Gasteiger partial charge in [0.1, 0.15) is 11.5 Å². The van der Waals surface area contributed by atoms with E-state index in [0.29, 0.717) is 32.7 Å². The van der Waals surface area contributed by atoms with Gasteiger partial charge in [-0.2, -0.15) is 0 Å². The zero-order chi connectivity index (χ0) is 25.5. The van der Waals surface area contributed by atoms with Crippen molar-refractivity contribution in [3.05, 3.63) is 88.1 Å². The number of nitrogens with zero attached hydrogens (tertiary/aromatic N) is 4. The van der Waals surface area contributed by atoms with Crippen LogP contribution in [0.3, 0.4) is 0 Å². The number of aromatic nitrogens is 3. The van der Waals surface area contributed by atoms with E-state index in [2.05, 4.69) is 10.3 Å². The van der Waals surface area contributed by atoms with E-state index in [1.54, 1.807) is 31.5 Å². The Labute approximate surface area is 222 Å². The summed E-state index contributed by atoms with van der Waals surface area (Å²) in [5, 5.41) is 5.06. The third-order valence-electron chi connectivity index (χ3n) is 6.54. The first-order valence-electron chi connectivity index (χ1n) is 11.9. The minimum Gasteiger partial charge on any atom is -0.480 e. The van der Waals surface area contributed by atoms with E-state index < -0.39 is 0 Å². The Bertz CT molecular complexity index is 1680. The lowest BCUT2D eigenvalue weighted by atomic mass is 9.94. The summed E-state index contributed by atoms with van der Waals surface area (Å²) >= 11 is 12.6. The molecule has 0 bridgehead atoms. The molecule has 2 heterocycles. The number of hydrogen-bond donors (Lipinski definition) is 1. The van der Waals surface area contributed by atoms with Crippen molar-refractivity contribution in [1.82, 2.24) is 14.5 Å². The number of nitrogens with one attached hydrogen (secondary N) is 1. The first-order valence-corrected chi connectivity index (χ1v) is 12.7. The molecule has 1 N–H and O–H groups in total. The van der Waals surface area contributed by atoms with E-state index in [4.69, 9.17) is 37.9 Å². The molecule has 6 rings (SSSR count). The van der Waals surface area contributed by atoms with Gasteiger partial charge in [0.25, 0.3) is 0 Å². The SMILES string of the molecule is COc1ncccc1Nc1cc2nc3ccc(F)cc3n(-c3ccc(Cl)c(Cl)c3)c-2cc1=NC1CCC1. The van der Waals surface area contributed by atoms with Crippen LogP contribution in [-0.4, -0.2) is 27.7 Å². The van der Waals surface area contributed by atoms with E-state index >= 15 is 0 Å². The van der Waals surface area contributed by atoms with Crippen LogP contribution in [0.25, 0.3) is 28.1 Å². The Balaban J connectivity index is 1.65. The Morgan fingerprint density at radius 3 is 2.65 bits per heavy atom. The van der Waals surface area contributed by atoms with Crippen molar-refractivity contribution >= 4 is 45.6 Å². The normalized spacial score (nSPS) is 14.2. The van der Waals surface area contributed by atoms with Crippen LogP contribution in [0.4, 0.5) is 15.8 Å². The highest BCUT2D eigenvalue weighted by atomic mass is 35.5. The maximum Gasteiger partial charge on any atom is 0.237 e.